The number of methoxy groups -OCH3 is 1. The number of hydrogen-bond acceptors (Lipinski definition) is 4. The second-order valence-electron chi connectivity index (χ2n) is 6.10. The largest absolute Gasteiger partial charge is 0.489 e. The Hall–Kier alpha value is -3.44. The van der Waals surface area contributed by atoms with E-state index in [0.29, 0.717) is 6.61 Å². The Labute approximate surface area is 164 Å². The molecule has 0 bridgehead atoms. The zero-order chi connectivity index (χ0) is 19.6. The van der Waals surface area contributed by atoms with Gasteiger partial charge in [-0.15, -0.1) is 0 Å². The zero-order valence-electron chi connectivity index (χ0n) is 15.6. The van der Waals surface area contributed by atoms with Gasteiger partial charge in [0, 0.05) is 7.11 Å². The number of nitrogens with one attached hydrogen (secondary N) is 1. The lowest BCUT2D eigenvalue weighted by Gasteiger charge is -2.13. The fraction of sp³-hybridized carbons (Fsp3) is 0.130. The van der Waals surface area contributed by atoms with Crippen molar-refractivity contribution in [3.63, 3.8) is 0 Å². The van der Waals surface area contributed by atoms with Crippen molar-refractivity contribution in [3.05, 3.63) is 102 Å². The van der Waals surface area contributed by atoms with Crippen molar-refractivity contribution in [2.75, 3.05) is 7.11 Å². The van der Waals surface area contributed by atoms with Crippen LogP contribution in [0.4, 0.5) is 0 Å². The van der Waals surface area contributed by atoms with Crippen molar-refractivity contribution in [1.29, 1.82) is 0 Å². The van der Waals surface area contributed by atoms with E-state index in [1.54, 1.807) is 6.21 Å². The average Bonchev–Trinajstić information content (AvgIpc) is 2.75. The van der Waals surface area contributed by atoms with E-state index < -0.39 is 6.10 Å². The second kappa shape index (κ2) is 10.0. The molecule has 5 nitrogen and oxygen atoms in total. The van der Waals surface area contributed by atoms with Gasteiger partial charge in [0.05, 0.1) is 6.21 Å². The number of benzene rings is 3. The van der Waals surface area contributed by atoms with Crippen molar-refractivity contribution in [3.8, 4) is 5.75 Å². The van der Waals surface area contributed by atoms with Crippen LogP contribution in [0.5, 0.6) is 5.75 Å². The van der Waals surface area contributed by atoms with Gasteiger partial charge in [-0.1, -0.05) is 60.7 Å². The summed E-state index contributed by atoms with van der Waals surface area (Å²) in [5.41, 5.74) is 5.25. The lowest BCUT2D eigenvalue weighted by Crippen LogP contribution is -2.26. The summed E-state index contributed by atoms with van der Waals surface area (Å²) in [7, 11) is 1.50. The van der Waals surface area contributed by atoms with Gasteiger partial charge in [0.1, 0.15) is 12.4 Å². The Balaban J connectivity index is 1.52. The first-order chi connectivity index (χ1) is 13.8. The molecule has 1 amide bonds. The lowest BCUT2D eigenvalue weighted by atomic mass is 10.1. The highest BCUT2D eigenvalue weighted by Crippen LogP contribution is 2.16. The van der Waals surface area contributed by atoms with Gasteiger partial charge >= 0.3 is 0 Å². The van der Waals surface area contributed by atoms with E-state index in [-0.39, 0.29) is 5.91 Å². The molecule has 0 spiro atoms. The van der Waals surface area contributed by atoms with Crippen molar-refractivity contribution < 1.29 is 14.3 Å². The molecule has 5 heteroatoms. The summed E-state index contributed by atoms with van der Waals surface area (Å²) in [6.07, 6.45) is 0.878. The normalized spacial score (nSPS) is 11.9. The van der Waals surface area contributed by atoms with Crippen LogP contribution in [0, 0.1) is 0 Å². The molecule has 0 aromatic heterocycles. The smallest absolute Gasteiger partial charge is 0.273 e. The molecule has 0 radical (unpaired) electrons. The number of amides is 1. The Morgan fingerprint density at radius 1 is 0.964 bits per heavy atom. The summed E-state index contributed by atoms with van der Waals surface area (Å²) in [5, 5.41) is 4.01. The zero-order valence-corrected chi connectivity index (χ0v) is 15.6. The minimum absolute atomic E-state index is 0.326. The summed E-state index contributed by atoms with van der Waals surface area (Å²) in [6.45, 7) is 0.516. The van der Waals surface area contributed by atoms with Gasteiger partial charge in [0.2, 0.25) is 0 Å². The van der Waals surface area contributed by atoms with Gasteiger partial charge in [0.25, 0.3) is 5.91 Å². The summed E-state index contributed by atoms with van der Waals surface area (Å²) in [4.78, 5) is 12.3. The summed E-state index contributed by atoms with van der Waals surface area (Å²) in [5.74, 6) is 0.446. The first-order valence-electron chi connectivity index (χ1n) is 8.93. The maximum Gasteiger partial charge on any atom is 0.273 e. The fourth-order valence-corrected chi connectivity index (χ4v) is 2.64. The van der Waals surface area contributed by atoms with E-state index in [1.165, 1.54) is 7.11 Å². The molecule has 0 aliphatic heterocycles. The van der Waals surface area contributed by atoms with Gasteiger partial charge in [-0.25, -0.2) is 5.43 Å². The van der Waals surface area contributed by atoms with Gasteiger partial charge in [0.15, 0.2) is 6.10 Å². The highest BCUT2D eigenvalue weighted by atomic mass is 16.5. The van der Waals surface area contributed by atoms with Crippen LogP contribution in [0.3, 0.4) is 0 Å². The minimum Gasteiger partial charge on any atom is -0.489 e. The summed E-state index contributed by atoms with van der Waals surface area (Å²) < 4.78 is 11.0. The van der Waals surface area contributed by atoms with Gasteiger partial charge in [-0.2, -0.15) is 5.10 Å². The molecule has 0 aliphatic rings. The van der Waals surface area contributed by atoms with Crippen LogP contribution in [0.2, 0.25) is 0 Å². The van der Waals surface area contributed by atoms with Crippen molar-refractivity contribution >= 4 is 12.1 Å². The molecular formula is C23H22N2O3. The molecule has 3 aromatic rings. The first-order valence-corrected chi connectivity index (χ1v) is 8.93. The van der Waals surface area contributed by atoms with Crippen LogP contribution < -0.4 is 10.2 Å². The van der Waals surface area contributed by atoms with Crippen LogP contribution in [-0.4, -0.2) is 19.2 Å². The predicted octanol–water partition coefficient (Wildman–Crippen LogP) is 4.10. The van der Waals surface area contributed by atoms with Gasteiger partial charge in [-0.3, -0.25) is 4.79 Å². The maximum absolute atomic E-state index is 12.3. The first kappa shape index (κ1) is 19.3. The molecular weight excluding hydrogens is 352 g/mol. The molecule has 0 aliphatic carbocycles. The Kier molecular flexibility index (Phi) is 6.93. The molecule has 1 N–H and O–H groups in total. The summed E-state index contributed by atoms with van der Waals surface area (Å²) in [6, 6.07) is 26.8. The van der Waals surface area contributed by atoms with E-state index in [4.69, 9.17) is 9.47 Å². The topological polar surface area (TPSA) is 59.9 Å². The molecule has 0 unspecified atom stereocenters. The molecule has 0 saturated heterocycles. The molecule has 0 fully saturated rings. The van der Waals surface area contributed by atoms with Crippen LogP contribution in [-0.2, 0) is 16.1 Å². The SMILES string of the molecule is CO[C@H](C(=O)N/N=C\c1ccc(OCc2ccccc2)cc1)c1ccccc1. The Morgan fingerprint density at radius 3 is 2.25 bits per heavy atom. The minimum atomic E-state index is -0.702. The van der Waals surface area contributed by atoms with Crippen molar-refractivity contribution in [2.45, 2.75) is 12.7 Å². The lowest BCUT2D eigenvalue weighted by molar-refractivity contribution is -0.131. The van der Waals surface area contributed by atoms with E-state index in [9.17, 15) is 4.79 Å². The standard InChI is InChI=1S/C23H22N2O3/c1-27-22(20-10-6-3-7-11-20)23(26)25-24-16-18-12-14-21(15-13-18)28-17-19-8-4-2-5-9-19/h2-16,22H,17H2,1H3,(H,25,26)/b24-16-/t22-/m0/s1. The van der Waals surface area contributed by atoms with Gasteiger partial charge in [-0.05, 0) is 41.0 Å². The van der Waals surface area contributed by atoms with Crippen LogP contribution in [0.1, 0.15) is 22.8 Å². The number of carbonyl (C=O) groups is 1. The predicted molar refractivity (Wildman–Crippen MR) is 109 cm³/mol. The van der Waals surface area contributed by atoms with Crippen molar-refractivity contribution in [2.24, 2.45) is 5.10 Å². The molecule has 28 heavy (non-hydrogen) atoms. The third-order valence-electron chi connectivity index (χ3n) is 4.09. The second-order valence-corrected chi connectivity index (χ2v) is 6.10. The third-order valence-corrected chi connectivity index (χ3v) is 4.09. The van der Waals surface area contributed by atoms with Crippen LogP contribution >= 0.6 is 0 Å². The fourth-order valence-electron chi connectivity index (χ4n) is 2.64. The monoisotopic (exact) mass is 374 g/mol. The van der Waals surface area contributed by atoms with Crippen LogP contribution in [0.25, 0.3) is 0 Å². The molecule has 3 rings (SSSR count). The van der Waals surface area contributed by atoms with E-state index in [0.717, 1.165) is 22.4 Å². The average molecular weight is 374 g/mol. The number of rotatable bonds is 8. The molecule has 3 aromatic carbocycles. The van der Waals surface area contributed by atoms with E-state index in [2.05, 4.69) is 10.5 Å². The third kappa shape index (κ3) is 5.53. The molecule has 142 valence electrons. The Morgan fingerprint density at radius 2 is 1.61 bits per heavy atom. The van der Waals surface area contributed by atoms with Gasteiger partial charge < -0.3 is 9.47 Å². The number of ether oxygens (including phenoxy) is 2. The number of hydrazone groups is 1. The van der Waals surface area contributed by atoms with E-state index in [1.807, 2.05) is 84.9 Å². The molecule has 0 saturated carbocycles. The summed E-state index contributed by atoms with van der Waals surface area (Å²) >= 11 is 0. The highest BCUT2D eigenvalue weighted by molar-refractivity contribution is 5.85. The van der Waals surface area contributed by atoms with E-state index >= 15 is 0 Å². The molecule has 1 atom stereocenters. The van der Waals surface area contributed by atoms with Crippen molar-refractivity contribution in [1.82, 2.24) is 5.43 Å². The maximum atomic E-state index is 12.3. The number of nitrogens with zero attached hydrogens (tertiary/aromatic N) is 1. The quantitative estimate of drug-likeness (QED) is 0.477. The van der Waals surface area contributed by atoms with Crippen LogP contribution in [0.15, 0.2) is 90.0 Å². The highest BCUT2D eigenvalue weighted by Gasteiger charge is 2.18. The number of carbonyl (C=O) groups excluding carboxylic acids is 1. The number of hydrogen-bond donors (Lipinski definition) is 1. The molecule has 0 heterocycles. The Bertz CT molecular complexity index is 894.